The van der Waals surface area contributed by atoms with E-state index in [1.807, 2.05) is 0 Å². The number of benzene rings is 2. The van der Waals surface area contributed by atoms with Crippen molar-refractivity contribution in [3.05, 3.63) is 52.0 Å². The molecule has 2 aromatic carbocycles. The lowest BCUT2D eigenvalue weighted by molar-refractivity contribution is 0.287. The molecule has 6 nitrogen and oxygen atoms in total. The van der Waals surface area contributed by atoms with Gasteiger partial charge in [-0.2, -0.15) is 4.31 Å². The molecular formula is C16H17BrClNO5S2. The van der Waals surface area contributed by atoms with E-state index in [-0.39, 0.29) is 27.4 Å². The Labute approximate surface area is 166 Å². The van der Waals surface area contributed by atoms with Crippen LogP contribution < -0.4 is 4.74 Å². The van der Waals surface area contributed by atoms with Crippen LogP contribution in [-0.4, -0.2) is 47.6 Å². The molecule has 0 aliphatic rings. The monoisotopic (exact) mass is 481 g/mol. The van der Waals surface area contributed by atoms with Gasteiger partial charge in [-0.05, 0) is 52.3 Å². The smallest absolute Gasteiger partial charge is 0.244 e. The summed E-state index contributed by atoms with van der Waals surface area (Å²) >= 11 is 9.03. The fourth-order valence-corrected chi connectivity index (χ4v) is 5.05. The summed E-state index contributed by atoms with van der Waals surface area (Å²) < 4.78 is 55.8. The van der Waals surface area contributed by atoms with E-state index in [1.54, 1.807) is 24.3 Å². The Hall–Kier alpha value is -1.13. The van der Waals surface area contributed by atoms with E-state index < -0.39 is 19.9 Å². The first-order valence-corrected chi connectivity index (χ1v) is 11.9. The highest BCUT2D eigenvalue weighted by molar-refractivity contribution is 9.10. The van der Waals surface area contributed by atoms with Gasteiger partial charge in [0.15, 0.2) is 9.84 Å². The van der Waals surface area contributed by atoms with Crippen LogP contribution >= 0.6 is 27.5 Å². The summed E-state index contributed by atoms with van der Waals surface area (Å²) in [7, 11) is -6.03. The maximum absolute atomic E-state index is 12.8. The van der Waals surface area contributed by atoms with Crippen molar-refractivity contribution in [1.29, 1.82) is 0 Å². The second-order valence-electron chi connectivity index (χ2n) is 5.50. The molecule has 0 heterocycles. The van der Waals surface area contributed by atoms with Crippen LogP contribution in [0.3, 0.4) is 0 Å². The van der Waals surface area contributed by atoms with Gasteiger partial charge in [0.2, 0.25) is 10.0 Å². The van der Waals surface area contributed by atoms with Gasteiger partial charge >= 0.3 is 0 Å². The number of sulfone groups is 1. The minimum Gasteiger partial charge on any atom is -0.492 e. The lowest BCUT2D eigenvalue weighted by atomic mass is 10.3. The van der Waals surface area contributed by atoms with Gasteiger partial charge in [0.05, 0.1) is 9.79 Å². The van der Waals surface area contributed by atoms with Crippen molar-refractivity contribution >= 4 is 47.4 Å². The van der Waals surface area contributed by atoms with Gasteiger partial charge < -0.3 is 4.74 Å². The number of hydrogen-bond donors (Lipinski definition) is 0. The number of rotatable bonds is 7. The second-order valence-corrected chi connectivity index (χ2v) is 10.8. The van der Waals surface area contributed by atoms with Crippen molar-refractivity contribution in [3.63, 3.8) is 0 Å². The number of halogens is 2. The fourth-order valence-electron chi connectivity index (χ4n) is 2.05. The first-order valence-electron chi connectivity index (χ1n) is 7.36. The molecule has 2 rings (SSSR count). The zero-order chi connectivity index (χ0) is 19.5. The Kier molecular flexibility index (Phi) is 6.73. The minimum atomic E-state index is -3.90. The summed E-state index contributed by atoms with van der Waals surface area (Å²) in [4.78, 5) is -0.187. The van der Waals surface area contributed by atoms with Gasteiger partial charge in [-0.3, -0.25) is 0 Å². The molecule has 0 atom stereocenters. The SMILES string of the molecule is CN(CCOc1cccc(Cl)c1)S(=O)(=O)c1cc(S(C)(=O)=O)ccc1Br. The van der Waals surface area contributed by atoms with E-state index in [2.05, 4.69) is 15.9 Å². The van der Waals surface area contributed by atoms with Crippen molar-refractivity contribution in [2.75, 3.05) is 26.5 Å². The molecule has 0 spiro atoms. The molecule has 26 heavy (non-hydrogen) atoms. The topological polar surface area (TPSA) is 80.8 Å². The van der Waals surface area contributed by atoms with Gasteiger partial charge in [-0.15, -0.1) is 0 Å². The van der Waals surface area contributed by atoms with E-state index in [0.717, 1.165) is 16.6 Å². The van der Waals surface area contributed by atoms with Crippen LogP contribution in [0.5, 0.6) is 5.75 Å². The Morgan fingerprint density at radius 2 is 1.81 bits per heavy atom. The van der Waals surface area contributed by atoms with E-state index in [0.29, 0.717) is 10.8 Å². The minimum absolute atomic E-state index is 0.0668. The van der Waals surface area contributed by atoms with Gasteiger partial charge in [0, 0.05) is 29.3 Å². The summed E-state index contributed by atoms with van der Waals surface area (Å²) in [6.45, 7) is 0.184. The van der Waals surface area contributed by atoms with E-state index in [4.69, 9.17) is 16.3 Å². The molecule has 0 radical (unpaired) electrons. The molecule has 0 aliphatic heterocycles. The third-order valence-corrected chi connectivity index (χ3v) is 7.69. The van der Waals surface area contributed by atoms with Crippen LogP contribution in [0.25, 0.3) is 0 Å². The van der Waals surface area contributed by atoms with Gasteiger partial charge in [0.1, 0.15) is 12.4 Å². The zero-order valence-electron chi connectivity index (χ0n) is 14.0. The Balaban J connectivity index is 2.16. The highest BCUT2D eigenvalue weighted by atomic mass is 79.9. The van der Waals surface area contributed by atoms with Crippen LogP contribution in [-0.2, 0) is 19.9 Å². The molecule has 0 fully saturated rings. The van der Waals surface area contributed by atoms with Gasteiger partial charge in [-0.1, -0.05) is 17.7 Å². The molecule has 10 heteroatoms. The number of ether oxygens (including phenoxy) is 1. The van der Waals surface area contributed by atoms with Crippen molar-refractivity contribution < 1.29 is 21.6 Å². The molecule has 0 N–H and O–H groups in total. The third-order valence-electron chi connectivity index (χ3n) is 3.49. The number of sulfonamides is 1. The zero-order valence-corrected chi connectivity index (χ0v) is 18.0. The van der Waals surface area contributed by atoms with Crippen LogP contribution in [0.1, 0.15) is 0 Å². The largest absolute Gasteiger partial charge is 0.492 e. The third kappa shape index (κ3) is 5.20. The lowest BCUT2D eigenvalue weighted by Crippen LogP contribution is -2.31. The summed E-state index contributed by atoms with van der Waals surface area (Å²) in [6.07, 6.45) is 1.02. The maximum Gasteiger partial charge on any atom is 0.244 e. The van der Waals surface area contributed by atoms with Crippen molar-refractivity contribution in [3.8, 4) is 5.75 Å². The first-order chi connectivity index (χ1) is 12.0. The summed E-state index contributed by atoms with van der Waals surface area (Å²) in [5, 5.41) is 0.519. The average molecular weight is 483 g/mol. The summed E-state index contributed by atoms with van der Waals surface area (Å²) in [5.41, 5.74) is 0. The number of likely N-dealkylation sites (N-methyl/N-ethyl adjacent to an activating group) is 1. The molecular weight excluding hydrogens is 466 g/mol. The molecule has 2 aromatic rings. The maximum atomic E-state index is 12.8. The second kappa shape index (κ2) is 8.26. The van der Waals surface area contributed by atoms with Gasteiger partial charge in [0.25, 0.3) is 0 Å². The number of hydrogen-bond acceptors (Lipinski definition) is 5. The molecule has 142 valence electrons. The Morgan fingerprint density at radius 1 is 1.12 bits per heavy atom. The first kappa shape index (κ1) is 21.2. The summed E-state index contributed by atoms with van der Waals surface area (Å²) in [5.74, 6) is 0.531. The lowest BCUT2D eigenvalue weighted by Gasteiger charge is -2.19. The predicted molar refractivity (Wildman–Crippen MR) is 104 cm³/mol. The molecule has 0 aromatic heterocycles. The van der Waals surface area contributed by atoms with E-state index >= 15 is 0 Å². The normalized spacial score (nSPS) is 12.3. The number of nitrogens with zero attached hydrogens (tertiary/aromatic N) is 1. The molecule has 0 bridgehead atoms. The van der Waals surface area contributed by atoms with E-state index in [9.17, 15) is 16.8 Å². The quantitative estimate of drug-likeness (QED) is 0.605. The molecule has 0 aliphatic carbocycles. The predicted octanol–water partition coefficient (Wildman–Crippen LogP) is 3.21. The highest BCUT2D eigenvalue weighted by Crippen LogP contribution is 2.27. The van der Waals surface area contributed by atoms with Crippen LogP contribution in [0.15, 0.2) is 56.7 Å². The Bertz CT molecular complexity index is 1010. The van der Waals surface area contributed by atoms with Crippen molar-refractivity contribution in [1.82, 2.24) is 4.31 Å². The average Bonchev–Trinajstić information content (AvgIpc) is 2.54. The fraction of sp³-hybridized carbons (Fsp3) is 0.250. The Morgan fingerprint density at radius 3 is 2.42 bits per heavy atom. The van der Waals surface area contributed by atoms with Crippen LogP contribution in [0, 0.1) is 0 Å². The van der Waals surface area contributed by atoms with E-state index in [1.165, 1.54) is 19.2 Å². The van der Waals surface area contributed by atoms with Crippen molar-refractivity contribution in [2.24, 2.45) is 0 Å². The van der Waals surface area contributed by atoms with Crippen molar-refractivity contribution in [2.45, 2.75) is 9.79 Å². The van der Waals surface area contributed by atoms with Gasteiger partial charge in [-0.25, -0.2) is 16.8 Å². The molecule has 0 saturated carbocycles. The molecule has 0 unspecified atom stereocenters. The molecule has 0 saturated heterocycles. The van der Waals surface area contributed by atoms with Crippen LogP contribution in [0.4, 0.5) is 0 Å². The molecule has 0 amide bonds. The summed E-state index contributed by atoms with van der Waals surface area (Å²) in [6, 6.07) is 10.7. The van der Waals surface area contributed by atoms with Crippen LogP contribution in [0.2, 0.25) is 5.02 Å². The standard InChI is InChI=1S/C16H17BrClNO5S2/c1-19(8-9-24-13-5-3-4-12(18)10-13)26(22,23)16-11-14(25(2,20)21)6-7-15(16)17/h3-7,10-11H,8-9H2,1-2H3. The highest BCUT2D eigenvalue weighted by Gasteiger charge is 2.25.